The summed E-state index contributed by atoms with van der Waals surface area (Å²) in [5, 5.41) is 15.5. The first-order valence-corrected chi connectivity index (χ1v) is 8.76. The van der Waals surface area contributed by atoms with Crippen LogP contribution in [0, 0.1) is 5.92 Å². The number of nitrogens with zero attached hydrogens (tertiary/aromatic N) is 2. The van der Waals surface area contributed by atoms with Crippen LogP contribution < -0.4 is 5.32 Å². The molecular weight excluding hydrogens is 310 g/mol. The fourth-order valence-corrected chi connectivity index (χ4v) is 3.34. The molecule has 0 radical (unpaired) electrons. The van der Waals surface area contributed by atoms with Gasteiger partial charge in [-0.05, 0) is 37.0 Å². The summed E-state index contributed by atoms with van der Waals surface area (Å²) in [4.78, 5) is 18.7. The molecule has 0 atom stereocenters. The highest BCUT2D eigenvalue weighted by Gasteiger charge is 2.23. The van der Waals surface area contributed by atoms with Crippen molar-refractivity contribution in [2.24, 2.45) is 5.92 Å². The molecule has 2 heterocycles. The Hall–Kier alpha value is -1.92. The lowest BCUT2D eigenvalue weighted by Crippen LogP contribution is -2.39. The van der Waals surface area contributed by atoms with Gasteiger partial charge in [0.1, 0.15) is 5.01 Å². The van der Waals surface area contributed by atoms with Crippen LogP contribution >= 0.6 is 11.3 Å². The number of rotatable bonds is 5. The molecule has 2 aromatic rings. The van der Waals surface area contributed by atoms with Crippen LogP contribution in [-0.4, -0.2) is 40.6 Å². The summed E-state index contributed by atoms with van der Waals surface area (Å²) in [6, 6.07) is 7.61. The number of anilines is 1. The third-order valence-corrected chi connectivity index (χ3v) is 4.98. The van der Waals surface area contributed by atoms with Gasteiger partial charge in [0.05, 0.1) is 6.54 Å². The largest absolute Gasteiger partial charge is 0.396 e. The van der Waals surface area contributed by atoms with Gasteiger partial charge in [0.15, 0.2) is 0 Å². The zero-order valence-corrected chi connectivity index (χ0v) is 13.8. The number of piperidine rings is 1. The lowest BCUT2D eigenvalue weighted by atomic mass is 9.97. The summed E-state index contributed by atoms with van der Waals surface area (Å²) in [7, 11) is 0. The third kappa shape index (κ3) is 4.09. The minimum Gasteiger partial charge on any atom is -0.396 e. The molecule has 0 aliphatic carbocycles. The predicted octanol–water partition coefficient (Wildman–Crippen LogP) is 2.60. The van der Waals surface area contributed by atoms with E-state index in [0.717, 1.165) is 36.6 Å². The number of aliphatic hydroxyl groups is 1. The number of carbonyl (C=O) groups is 1. The van der Waals surface area contributed by atoms with Crippen LogP contribution in [0.5, 0.6) is 0 Å². The molecule has 1 aliphatic rings. The molecule has 122 valence electrons. The van der Waals surface area contributed by atoms with Crippen LogP contribution in [0.25, 0.3) is 0 Å². The third-order valence-electron chi connectivity index (χ3n) is 4.20. The van der Waals surface area contributed by atoms with Gasteiger partial charge in [-0.2, -0.15) is 0 Å². The second kappa shape index (κ2) is 7.57. The lowest BCUT2D eigenvalue weighted by molar-refractivity contribution is 0.0651. The van der Waals surface area contributed by atoms with Crippen LogP contribution in [0.4, 0.5) is 5.69 Å². The maximum Gasteiger partial charge on any atom is 0.253 e. The molecular formula is C17H21N3O2S. The molecule has 0 bridgehead atoms. The standard InChI is InChI=1S/C17H21N3O2S/c21-12-13-4-7-20(8-5-13)17(22)14-2-1-3-15(10-14)19-11-16-18-6-9-23-16/h1-3,6,9-10,13,19,21H,4-5,7-8,11-12H2. The highest BCUT2D eigenvalue weighted by Crippen LogP contribution is 2.20. The molecule has 0 unspecified atom stereocenters. The van der Waals surface area contributed by atoms with E-state index in [1.807, 2.05) is 34.5 Å². The van der Waals surface area contributed by atoms with Gasteiger partial charge in [-0.15, -0.1) is 11.3 Å². The van der Waals surface area contributed by atoms with Gasteiger partial charge >= 0.3 is 0 Å². The fraction of sp³-hybridized carbons (Fsp3) is 0.412. The molecule has 1 aliphatic heterocycles. The number of nitrogens with one attached hydrogen (secondary N) is 1. The Morgan fingerprint density at radius 1 is 1.39 bits per heavy atom. The molecule has 1 amide bonds. The van der Waals surface area contributed by atoms with Crippen molar-refractivity contribution in [2.75, 3.05) is 25.0 Å². The fourth-order valence-electron chi connectivity index (χ4n) is 2.78. The summed E-state index contributed by atoms with van der Waals surface area (Å²) in [5.74, 6) is 0.407. The SMILES string of the molecule is O=C(c1cccc(NCc2nccs2)c1)N1CCC(CO)CC1. The van der Waals surface area contributed by atoms with Gasteiger partial charge in [0.25, 0.3) is 5.91 Å². The molecule has 0 spiro atoms. The monoisotopic (exact) mass is 331 g/mol. The normalized spacial score (nSPS) is 15.6. The van der Waals surface area contributed by atoms with E-state index < -0.39 is 0 Å². The number of carbonyl (C=O) groups excluding carboxylic acids is 1. The van der Waals surface area contributed by atoms with Crippen molar-refractivity contribution in [3.63, 3.8) is 0 Å². The Morgan fingerprint density at radius 2 is 2.22 bits per heavy atom. The van der Waals surface area contributed by atoms with Gasteiger partial charge in [0, 0.05) is 42.5 Å². The van der Waals surface area contributed by atoms with Crippen LogP contribution in [0.15, 0.2) is 35.8 Å². The zero-order chi connectivity index (χ0) is 16.1. The van der Waals surface area contributed by atoms with Crippen molar-refractivity contribution in [3.8, 4) is 0 Å². The van der Waals surface area contributed by atoms with Crippen molar-refractivity contribution in [1.29, 1.82) is 0 Å². The number of hydrogen-bond donors (Lipinski definition) is 2. The predicted molar refractivity (Wildman–Crippen MR) is 91.6 cm³/mol. The topological polar surface area (TPSA) is 65.5 Å². The minimum atomic E-state index is 0.0688. The van der Waals surface area contributed by atoms with E-state index >= 15 is 0 Å². The highest BCUT2D eigenvalue weighted by molar-refractivity contribution is 7.09. The molecule has 1 aromatic heterocycles. The van der Waals surface area contributed by atoms with E-state index in [1.165, 1.54) is 0 Å². The quantitative estimate of drug-likeness (QED) is 0.884. The van der Waals surface area contributed by atoms with E-state index in [9.17, 15) is 9.90 Å². The van der Waals surface area contributed by atoms with E-state index in [4.69, 9.17) is 0 Å². The van der Waals surface area contributed by atoms with Gasteiger partial charge in [0.2, 0.25) is 0 Å². The lowest BCUT2D eigenvalue weighted by Gasteiger charge is -2.31. The van der Waals surface area contributed by atoms with Crippen molar-refractivity contribution >= 4 is 22.9 Å². The Morgan fingerprint density at radius 3 is 2.91 bits per heavy atom. The van der Waals surface area contributed by atoms with Crippen molar-refractivity contribution in [3.05, 3.63) is 46.4 Å². The van der Waals surface area contributed by atoms with Gasteiger partial charge < -0.3 is 15.3 Å². The molecule has 1 fully saturated rings. The average molecular weight is 331 g/mol. The number of aliphatic hydroxyl groups excluding tert-OH is 1. The summed E-state index contributed by atoms with van der Waals surface area (Å²) >= 11 is 1.61. The van der Waals surface area contributed by atoms with Crippen LogP contribution in [0.1, 0.15) is 28.2 Å². The average Bonchev–Trinajstić information content (AvgIpc) is 3.13. The molecule has 23 heavy (non-hydrogen) atoms. The maximum absolute atomic E-state index is 12.6. The molecule has 3 rings (SSSR count). The summed E-state index contributed by atoms with van der Waals surface area (Å²) in [6.45, 7) is 2.33. The van der Waals surface area contributed by atoms with Crippen LogP contribution in [0.3, 0.4) is 0 Å². The summed E-state index contributed by atoms with van der Waals surface area (Å²) < 4.78 is 0. The first-order chi connectivity index (χ1) is 11.3. The van der Waals surface area contributed by atoms with Crippen LogP contribution in [0.2, 0.25) is 0 Å². The Labute approximate surface area is 140 Å². The number of thiazole rings is 1. The van der Waals surface area contributed by atoms with Crippen molar-refractivity contribution in [1.82, 2.24) is 9.88 Å². The Bertz CT molecular complexity index is 637. The number of benzene rings is 1. The molecule has 1 aromatic carbocycles. The molecule has 5 nitrogen and oxygen atoms in total. The second-order valence-corrected chi connectivity index (χ2v) is 6.76. The first kappa shape index (κ1) is 16.0. The summed E-state index contributed by atoms with van der Waals surface area (Å²) in [5.41, 5.74) is 1.63. The first-order valence-electron chi connectivity index (χ1n) is 7.88. The molecule has 1 saturated heterocycles. The minimum absolute atomic E-state index is 0.0688. The number of likely N-dealkylation sites (tertiary alicyclic amines) is 1. The van der Waals surface area contributed by atoms with E-state index in [2.05, 4.69) is 10.3 Å². The smallest absolute Gasteiger partial charge is 0.253 e. The highest BCUT2D eigenvalue weighted by atomic mass is 32.1. The van der Waals surface area contributed by atoms with Gasteiger partial charge in [-0.25, -0.2) is 4.98 Å². The number of aromatic nitrogens is 1. The number of hydrogen-bond acceptors (Lipinski definition) is 5. The second-order valence-electron chi connectivity index (χ2n) is 5.78. The zero-order valence-electron chi connectivity index (χ0n) is 12.9. The Kier molecular flexibility index (Phi) is 5.25. The van der Waals surface area contributed by atoms with Crippen molar-refractivity contribution in [2.45, 2.75) is 19.4 Å². The van der Waals surface area contributed by atoms with E-state index in [1.54, 1.807) is 17.5 Å². The number of amides is 1. The molecule has 0 saturated carbocycles. The van der Waals surface area contributed by atoms with E-state index in [-0.39, 0.29) is 12.5 Å². The van der Waals surface area contributed by atoms with Crippen molar-refractivity contribution < 1.29 is 9.90 Å². The van der Waals surface area contributed by atoms with Gasteiger partial charge in [-0.1, -0.05) is 6.07 Å². The van der Waals surface area contributed by atoms with E-state index in [0.29, 0.717) is 18.0 Å². The molecule has 2 N–H and O–H groups in total. The Balaban J connectivity index is 1.61. The molecule has 6 heteroatoms. The summed E-state index contributed by atoms with van der Waals surface area (Å²) in [6.07, 6.45) is 3.55. The maximum atomic E-state index is 12.6. The van der Waals surface area contributed by atoms with Gasteiger partial charge in [-0.3, -0.25) is 4.79 Å². The van der Waals surface area contributed by atoms with Crippen LogP contribution in [-0.2, 0) is 6.54 Å².